The smallest absolute Gasteiger partial charge is 0.478 e. The van der Waals surface area contributed by atoms with Gasteiger partial charge >= 0.3 is 29.4 Å². The van der Waals surface area contributed by atoms with Crippen LogP contribution in [0.3, 0.4) is 0 Å². The van der Waals surface area contributed by atoms with Crippen LogP contribution in [0.1, 0.15) is 72.9 Å². The third-order valence-electron chi connectivity index (χ3n) is 11.1. The quantitative estimate of drug-likeness (QED) is 0.0191. The third-order valence-corrected chi connectivity index (χ3v) is 20.6. The Balaban J connectivity index is 1.01. The number of phosphoric ester groups is 3. The lowest BCUT2D eigenvalue weighted by Crippen LogP contribution is -2.46. The van der Waals surface area contributed by atoms with E-state index >= 15 is 0 Å². The molecule has 0 saturated carbocycles. The highest BCUT2D eigenvalue weighted by molar-refractivity contribution is 14.1. The molecule has 7 atom stereocenters. The van der Waals surface area contributed by atoms with Gasteiger partial charge in [-0.05, 0) is 161 Å². The Morgan fingerprint density at radius 1 is 0.802 bits per heavy atom. The summed E-state index contributed by atoms with van der Waals surface area (Å²) in [5, 5.41) is 41.6. The number of fused-ring (bicyclic) bond motifs is 1. The number of aromatic nitrogens is 4. The number of halogens is 6. The summed E-state index contributed by atoms with van der Waals surface area (Å²) in [7, 11) is -16.6. The number of imidazole rings is 1. The van der Waals surface area contributed by atoms with Crippen LogP contribution < -0.4 is 27.0 Å². The number of nitrogens with zero attached hydrogens (tertiary/aromatic N) is 4. The number of aromatic carboxylic acids is 1. The van der Waals surface area contributed by atoms with Crippen LogP contribution in [-0.2, 0) is 55.5 Å². The molecule has 1 fully saturated rings. The van der Waals surface area contributed by atoms with Gasteiger partial charge in [0.15, 0.2) is 17.7 Å². The summed E-state index contributed by atoms with van der Waals surface area (Å²) < 4.78 is 66.1. The number of ether oxygens (including phenoxy) is 1. The number of unbranched alkanes of at least 4 members (excludes halogenated alkanes) is 1. The average molecular weight is 1890 g/mol. The number of nitrogen functional groups attached to an aromatic ring is 1. The lowest BCUT2D eigenvalue weighted by molar-refractivity contribution is -0.137. The highest BCUT2D eigenvalue weighted by atomic mass is 127. The van der Waals surface area contributed by atoms with Crippen molar-refractivity contribution in [3.8, 4) is 0 Å². The number of carboxylic acid groups (broad SMARTS) is 1. The SMILES string of the molecule is CC(C)(COP(=O)(O)OP(=O)(O)OCC1OC(n2cnc3c(N)ncnc32)C(O)C1OP(=O)(O)O)C(O)C(=O)NCCC(=O)NCCSC(=O)c1c(I)cc(I)c(NC(=O)CCCCC(=O)Nc2c(I)cc(I)c(C(=O)O)c2I)c1I. The minimum Gasteiger partial charge on any atom is -0.478 e. The van der Waals surface area contributed by atoms with E-state index in [1.165, 1.54) is 13.8 Å². The highest BCUT2D eigenvalue weighted by Gasteiger charge is 2.50. The van der Waals surface area contributed by atoms with E-state index in [0.29, 0.717) is 51.2 Å². The van der Waals surface area contributed by atoms with Crippen molar-refractivity contribution in [1.82, 2.24) is 30.2 Å². The number of thioether (sulfide) groups is 1. The first kappa shape index (κ1) is 70.6. The molecule has 0 radical (unpaired) electrons. The zero-order valence-electron chi connectivity index (χ0n) is 41.5. The lowest BCUT2D eigenvalue weighted by atomic mass is 9.87. The van der Waals surface area contributed by atoms with Gasteiger partial charge in [0.25, 0.3) is 0 Å². The third kappa shape index (κ3) is 20.2. The molecule has 3 heterocycles. The van der Waals surface area contributed by atoms with Gasteiger partial charge in [0.05, 0.1) is 49.2 Å². The maximum absolute atomic E-state index is 13.4. The van der Waals surface area contributed by atoms with Gasteiger partial charge in [-0.1, -0.05) is 25.6 Å². The summed E-state index contributed by atoms with van der Waals surface area (Å²) >= 11 is 12.8. The Hall–Kier alpha value is -1.21. The van der Waals surface area contributed by atoms with Crippen molar-refractivity contribution in [2.45, 2.75) is 76.6 Å². The normalized spacial score (nSPS) is 18.4. The maximum atomic E-state index is 13.4. The molecule has 2 aromatic heterocycles. The first-order valence-corrected chi connectivity index (χ1v) is 34.9. The molecule has 1 saturated heterocycles. The van der Waals surface area contributed by atoms with Crippen molar-refractivity contribution in [3.63, 3.8) is 0 Å². The zero-order chi connectivity index (χ0) is 60.5. The average Bonchev–Trinajstić information content (AvgIpc) is 4.06. The second-order valence-corrected chi connectivity index (χ2v) is 29.7. The summed E-state index contributed by atoms with van der Waals surface area (Å²) in [6, 6.07) is 3.40. The summed E-state index contributed by atoms with van der Waals surface area (Å²) in [5.74, 6) is -3.26. The van der Waals surface area contributed by atoms with E-state index in [2.05, 4.69) is 45.1 Å². The molecule has 2 aromatic carbocycles. The predicted octanol–water partition coefficient (Wildman–Crippen LogP) is 5.44. The minimum absolute atomic E-state index is 0.0107. The highest BCUT2D eigenvalue weighted by Crippen LogP contribution is 2.61. The second kappa shape index (κ2) is 30.6. The number of nitrogens with one attached hydrogen (secondary N) is 4. The Bertz CT molecular complexity index is 3220. The largest absolute Gasteiger partial charge is 0.481 e. The molecule has 4 amide bonds. The van der Waals surface area contributed by atoms with E-state index < -0.39 is 90.5 Å². The molecule has 4 aromatic rings. The predicted molar refractivity (Wildman–Crippen MR) is 338 cm³/mol. The number of carboxylic acids is 1. The minimum atomic E-state index is -5.63. The van der Waals surface area contributed by atoms with Crippen LogP contribution in [0.2, 0.25) is 0 Å². The molecule has 0 aliphatic carbocycles. The van der Waals surface area contributed by atoms with E-state index in [9.17, 15) is 77.4 Å². The molecule has 0 spiro atoms. The summed E-state index contributed by atoms with van der Waals surface area (Å²) in [6.07, 6.45) is -6.34. The van der Waals surface area contributed by atoms with Gasteiger partial charge < -0.3 is 66.6 Å². The van der Waals surface area contributed by atoms with E-state index in [1.54, 1.807) is 12.1 Å². The number of amides is 4. The molecular weight excluding hydrogens is 1840 g/mol. The summed E-state index contributed by atoms with van der Waals surface area (Å²) in [6.45, 7) is 0.103. The van der Waals surface area contributed by atoms with Gasteiger partial charge in [-0.25, -0.2) is 33.4 Å². The van der Waals surface area contributed by atoms with Gasteiger partial charge in [-0.2, -0.15) is 4.31 Å². The summed E-state index contributed by atoms with van der Waals surface area (Å²) in [4.78, 5) is 128. The van der Waals surface area contributed by atoms with E-state index in [1.807, 2.05) is 136 Å². The molecule has 1 aliphatic rings. The number of hydrogen-bond acceptors (Lipinski definition) is 21. The molecule has 5 rings (SSSR count). The van der Waals surface area contributed by atoms with E-state index in [0.717, 1.165) is 29.0 Å². The maximum Gasteiger partial charge on any atom is 0.481 e. The Morgan fingerprint density at radius 3 is 1.95 bits per heavy atom. The van der Waals surface area contributed by atoms with Crippen LogP contribution in [0.15, 0.2) is 24.8 Å². The van der Waals surface area contributed by atoms with Crippen molar-refractivity contribution < 1.29 is 100.0 Å². The van der Waals surface area contributed by atoms with E-state index in [4.69, 9.17) is 19.5 Å². The van der Waals surface area contributed by atoms with Crippen LogP contribution in [0.25, 0.3) is 11.2 Å². The number of carbonyl (C=O) groups excluding carboxylic acids is 5. The topological polar surface area (TPSA) is 459 Å². The number of anilines is 3. The molecule has 7 unspecified atom stereocenters. The van der Waals surface area contributed by atoms with Crippen molar-refractivity contribution >= 4 is 234 Å². The van der Waals surface area contributed by atoms with Gasteiger partial charge in [0.1, 0.15) is 36.3 Å². The molecule has 81 heavy (non-hydrogen) atoms. The fourth-order valence-corrected chi connectivity index (χ4v) is 19.3. The lowest BCUT2D eigenvalue weighted by Gasteiger charge is -2.30. The van der Waals surface area contributed by atoms with Crippen LogP contribution in [0, 0.1) is 26.8 Å². The number of aliphatic hydroxyl groups excluding tert-OH is 2. The molecular formula is C41H48I6N9O21P3S. The molecule has 13 N–H and O–H groups in total. The van der Waals surface area contributed by atoms with E-state index in [-0.39, 0.29) is 77.6 Å². The van der Waals surface area contributed by atoms with Crippen LogP contribution >= 0.6 is 171 Å². The van der Waals surface area contributed by atoms with Crippen LogP contribution in [-0.4, -0.2) is 146 Å². The molecule has 0 bridgehead atoms. The van der Waals surface area contributed by atoms with Crippen molar-refractivity contribution in [1.29, 1.82) is 0 Å². The van der Waals surface area contributed by atoms with Crippen molar-refractivity contribution in [3.05, 3.63) is 57.3 Å². The van der Waals surface area contributed by atoms with Crippen LogP contribution in [0.4, 0.5) is 17.2 Å². The van der Waals surface area contributed by atoms with Gasteiger partial charge in [-0.15, -0.1) is 0 Å². The first-order valence-electron chi connectivity index (χ1n) is 22.9. The fraction of sp³-hybridized carbons (Fsp3) is 0.439. The monoisotopic (exact) mass is 1890 g/mol. The summed E-state index contributed by atoms with van der Waals surface area (Å²) in [5.41, 5.74) is 5.47. The number of hydrogen-bond donors (Lipinski definition) is 12. The van der Waals surface area contributed by atoms with Crippen LogP contribution in [0.5, 0.6) is 0 Å². The molecule has 446 valence electrons. The molecule has 1 aliphatic heterocycles. The number of carbonyl (C=O) groups is 6. The van der Waals surface area contributed by atoms with Gasteiger partial charge in [0.2, 0.25) is 28.7 Å². The number of aliphatic hydroxyl groups is 2. The Labute approximate surface area is 545 Å². The number of benzene rings is 2. The van der Waals surface area contributed by atoms with Gasteiger partial charge in [-0.3, -0.25) is 42.1 Å². The van der Waals surface area contributed by atoms with Crippen molar-refractivity contribution in [2.24, 2.45) is 5.41 Å². The number of rotatable bonds is 28. The Kier molecular flexibility index (Phi) is 26.7. The fourth-order valence-electron chi connectivity index (χ4n) is 7.11. The zero-order valence-corrected chi connectivity index (χ0v) is 57.9. The van der Waals surface area contributed by atoms with Crippen molar-refractivity contribution in [2.75, 3.05) is 48.4 Å². The number of nitrogens with two attached hydrogens (primary N) is 1. The molecule has 40 heteroatoms. The molecule has 30 nitrogen and oxygen atoms in total. The number of phosphoric acid groups is 3. The van der Waals surface area contributed by atoms with Gasteiger partial charge in [0, 0.05) is 57.8 Å². The standard InChI is InChI=1S/C41H48I6N9O21P3S/c1-41(2,14-74-80(71,72)77-79(69,70)73-13-21-33(76-78(66,67)68)32(60)38(75-21)56-16-53-31-35(48)51-15-52-36(31)56)34(61)37(62)50-8-7-22(57)49-9-10-81-40(65)26-18(43)12-20(45)30(28(26)47)55-24(59)6-4-3-5-23(58)54-29-19(44)11-17(42)25(27(29)46)39(63)64/h11-12,15-16,21,32-34,38,60-61H,3-10,13-14H2,1-2H3,(H,49,57)(H,50,62)(H,54,58)(H,55,59)(H,63,64)(H,69,70)(H,71,72)(H2,48,51,52)(H2,66,67,68). The Morgan fingerprint density at radius 2 is 1.37 bits per heavy atom. The first-order chi connectivity index (χ1) is 37.6. The second-order valence-electron chi connectivity index (χ2n) is 17.6.